The van der Waals surface area contributed by atoms with Crippen LogP contribution in [-0.2, 0) is 4.74 Å². The van der Waals surface area contributed by atoms with Crippen molar-refractivity contribution in [2.24, 2.45) is 0 Å². The molecule has 108 valence electrons. The van der Waals surface area contributed by atoms with Crippen LogP contribution in [0.15, 0.2) is 24.3 Å². The summed E-state index contributed by atoms with van der Waals surface area (Å²) < 4.78 is 40.1. The molecule has 0 aliphatic heterocycles. The van der Waals surface area contributed by atoms with Gasteiger partial charge in [0.15, 0.2) is 0 Å². The van der Waals surface area contributed by atoms with E-state index in [1.165, 1.54) is 0 Å². The van der Waals surface area contributed by atoms with Gasteiger partial charge in [-0.05, 0) is 36.5 Å². The first-order chi connectivity index (χ1) is 8.92. The molecule has 0 bridgehead atoms. The summed E-state index contributed by atoms with van der Waals surface area (Å²) in [6, 6.07) is 7.33. The lowest BCUT2D eigenvalue weighted by atomic mass is 9.96. The van der Waals surface area contributed by atoms with Crippen molar-refractivity contribution in [3.63, 3.8) is 0 Å². The lowest BCUT2D eigenvalue weighted by molar-refractivity contribution is -0.174. The Bertz CT molecular complexity index is 382. The van der Waals surface area contributed by atoms with Crippen LogP contribution in [0.2, 0.25) is 5.02 Å². The molecule has 0 aliphatic carbocycles. The molecule has 0 aromatic heterocycles. The summed E-state index contributed by atoms with van der Waals surface area (Å²) in [5.41, 5.74) is 0.998. The summed E-state index contributed by atoms with van der Waals surface area (Å²) in [6.07, 6.45) is -3.07. The molecule has 0 amide bonds. The first kappa shape index (κ1) is 16.6. The topological polar surface area (TPSA) is 9.23 Å². The fourth-order valence-electron chi connectivity index (χ4n) is 1.71. The molecule has 0 saturated carbocycles. The first-order valence-electron chi connectivity index (χ1n) is 5.88. The summed E-state index contributed by atoms with van der Waals surface area (Å²) in [7, 11) is 0. The van der Waals surface area contributed by atoms with Gasteiger partial charge in [-0.3, -0.25) is 0 Å². The van der Waals surface area contributed by atoms with Crippen molar-refractivity contribution in [2.45, 2.75) is 24.9 Å². The summed E-state index contributed by atoms with van der Waals surface area (Å²) in [4.78, 5) is 0. The van der Waals surface area contributed by atoms with Gasteiger partial charge in [-0.25, -0.2) is 0 Å². The fourth-order valence-corrected chi connectivity index (χ4v) is 2.24. The Hall–Kier alpha value is -0.450. The zero-order valence-electron chi connectivity index (χ0n) is 10.2. The van der Waals surface area contributed by atoms with Crippen LogP contribution in [0.4, 0.5) is 13.2 Å². The SMILES string of the molecule is FC(F)(F)COCCCC(CCl)c1cccc(Cl)c1. The molecular formula is C13H15Cl2F3O. The van der Waals surface area contributed by atoms with Crippen molar-refractivity contribution in [1.82, 2.24) is 0 Å². The second kappa shape index (κ2) is 7.98. The minimum Gasteiger partial charge on any atom is -0.372 e. The minimum absolute atomic E-state index is 0.0768. The van der Waals surface area contributed by atoms with Crippen molar-refractivity contribution in [1.29, 1.82) is 0 Å². The summed E-state index contributed by atoms with van der Waals surface area (Å²) in [5, 5.41) is 0.626. The van der Waals surface area contributed by atoms with Crippen LogP contribution in [0.5, 0.6) is 0 Å². The number of ether oxygens (including phenoxy) is 1. The van der Waals surface area contributed by atoms with E-state index in [4.69, 9.17) is 23.2 Å². The maximum Gasteiger partial charge on any atom is 0.411 e. The molecular weight excluding hydrogens is 300 g/mol. The maximum atomic E-state index is 11.9. The molecule has 19 heavy (non-hydrogen) atoms. The Morgan fingerprint density at radius 3 is 2.58 bits per heavy atom. The average Bonchev–Trinajstić information content (AvgIpc) is 2.32. The van der Waals surface area contributed by atoms with E-state index in [9.17, 15) is 13.2 Å². The van der Waals surface area contributed by atoms with E-state index in [-0.39, 0.29) is 12.5 Å². The van der Waals surface area contributed by atoms with Gasteiger partial charge in [0.2, 0.25) is 0 Å². The molecule has 0 fully saturated rings. The molecule has 1 rings (SSSR count). The van der Waals surface area contributed by atoms with Crippen molar-refractivity contribution in [3.05, 3.63) is 34.9 Å². The normalized spacial score (nSPS) is 13.5. The molecule has 1 nitrogen and oxygen atoms in total. The van der Waals surface area contributed by atoms with Gasteiger partial charge in [-0.15, -0.1) is 11.6 Å². The molecule has 0 heterocycles. The summed E-state index contributed by atoms with van der Waals surface area (Å²) in [5.74, 6) is 0.481. The van der Waals surface area contributed by atoms with Gasteiger partial charge in [-0.1, -0.05) is 23.7 Å². The Labute approximate surface area is 120 Å². The van der Waals surface area contributed by atoms with E-state index in [1.54, 1.807) is 6.07 Å². The van der Waals surface area contributed by atoms with Crippen LogP contribution in [0.1, 0.15) is 24.3 Å². The Kier molecular flexibility index (Phi) is 6.97. The number of alkyl halides is 4. The highest BCUT2D eigenvalue weighted by molar-refractivity contribution is 6.30. The predicted octanol–water partition coefficient (Wildman–Crippen LogP) is 5.02. The van der Waals surface area contributed by atoms with E-state index in [2.05, 4.69) is 4.74 Å². The van der Waals surface area contributed by atoms with E-state index in [1.807, 2.05) is 18.2 Å². The highest BCUT2D eigenvalue weighted by Gasteiger charge is 2.27. The molecule has 0 N–H and O–H groups in total. The van der Waals surface area contributed by atoms with Gasteiger partial charge in [0.05, 0.1) is 0 Å². The molecule has 0 spiro atoms. The standard InChI is InChI=1S/C13H15Cl2F3O/c14-8-11(10-3-1-5-12(15)7-10)4-2-6-19-9-13(16,17)18/h1,3,5,7,11H,2,4,6,8-9H2. The third kappa shape index (κ3) is 7.04. The minimum atomic E-state index is -4.27. The molecule has 0 saturated heterocycles. The largest absolute Gasteiger partial charge is 0.411 e. The lowest BCUT2D eigenvalue weighted by Gasteiger charge is -2.15. The zero-order chi connectivity index (χ0) is 14.3. The third-order valence-corrected chi connectivity index (χ3v) is 3.22. The van der Waals surface area contributed by atoms with E-state index < -0.39 is 12.8 Å². The molecule has 1 aromatic carbocycles. The van der Waals surface area contributed by atoms with Gasteiger partial charge in [-0.2, -0.15) is 13.2 Å². The monoisotopic (exact) mass is 314 g/mol. The summed E-state index contributed by atoms with van der Waals surface area (Å²) in [6.45, 7) is -1.12. The number of hydrogen-bond donors (Lipinski definition) is 0. The average molecular weight is 315 g/mol. The van der Waals surface area contributed by atoms with Crippen molar-refractivity contribution in [3.8, 4) is 0 Å². The maximum absolute atomic E-state index is 11.9. The highest BCUT2D eigenvalue weighted by atomic mass is 35.5. The number of benzene rings is 1. The fraction of sp³-hybridized carbons (Fsp3) is 0.538. The number of hydrogen-bond acceptors (Lipinski definition) is 1. The van der Waals surface area contributed by atoms with Crippen LogP contribution in [0.3, 0.4) is 0 Å². The molecule has 1 aromatic rings. The van der Waals surface area contributed by atoms with Crippen LogP contribution in [0.25, 0.3) is 0 Å². The Morgan fingerprint density at radius 2 is 2.00 bits per heavy atom. The summed E-state index contributed by atoms with van der Waals surface area (Å²) >= 11 is 11.8. The molecule has 0 radical (unpaired) electrons. The van der Waals surface area contributed by atoms with Gasteiger partial charge in [0, 0.05) is 17.5 Å². The van der Waals surface area contributed by atoms with Crippen LogP contribution < -0.4 is 0 Å². The zero-order valence-corrected chi connectivity index (χ0v) is 11.7. The van der Waals surface area contributed by atoms with Gasteiger partial charge >= 0.3 is 6.18 Å². The molecule has 1 atom stereocenters. The second-order valence-electron chi connectivity index (χ2n) is 4.22. The third-order valence-electron chi connectivity index (χ3n) is 2.61. The van der Waals surface area contributed by atoms with Crippen molar-refractivity contribution in [2.75, 3.05) is 19.1 Å². The van der Waals surface area contributed by atoms with Crippen molar-refractivity contribution < 1.29 is 17.9 Å². The van der Waals surface area contributed by atoms with Crippen molar-refractivity contribution >= 4 is 23.2 Å². The number of halogens is 5. The molecule has 1 unspecified atom stereocenters. The lowest BCUT2D eigenvalue weighted by Crippen LogP contribution is -2.17. The van der Waals surface area contributed by atoms with E-state index in [0.717, 1.165) is 5.56 Å². The van der Waals surface area contributed by atoms with Gasteiger partial charge in [0.1, 0.15) is 6.61 Å². The van der Waals surface area contributed by atoms with Gasteiger partial charge in [0.25, 0.3) is 0 Å². The van der Waals surface area contributed by atoms with Gasteiger partial charge < -0.3 is 4.74 Å². The smallest absolute Gasteiger partial charge is 0.372 e. The van der Waals surface area contributed by atoms with E-state index in [0.29, 0.717) is 23.7 Å². The second-order valence-corrected chi connectivity index (χ2v) is 4.96. The Morgan fingerprint density at radius 1 is 1.26 bits per heavy atom. The van der Waals surface area contributed by atoms with E-state index >= 15 is 0 Å². The highest BCUT2D eigenvalue weighted by Crippen LogP contribution is 2.25. The number of rotatable bonds is 7. The predicted molar refractivity (Wildman–Crippen MR) is 71.0 cm³/mol. The first-order valence-corrected chi connectivity index (χ1v) is 6.79. The molecule has 6 heteroatoms. The quantitative estimate of drug-likeness (QED) is 0.507. The van der Waals surface area contributed by atoms with Crippen LogP contribution in [-0.4, -0.2) is 25.3 Å². The van der Waals surface area contributed by atoms with Crippen LogP contribution >= 0.6 is 23.2 Å². The Balaban J connectivity index is 2.34. The van der Waals surface area contributed by atoms with Crippen LogP contribution in [0, 0.1) is 0 Å². The molecule has 0 aliphatic rings.